The fourth-order valence-electron chi connectivity index (χ4n) is 2.66. The Morgan fingerprint density at radius 1 is 1.45 bits per heavy atom. The van der Waals surface area contributed by atoms with Gasteiger partial charge < -0.3 is 14.7 Å². The molecule has 1 aromatic heterocycles. The lowest BCUT2D eigenvalue weighted by Crippen LogP contribution is -2.36. The van der Waals surface area contributed by atoms with Crippen molar-refractivity contribution in [3.8, 4) is 0 Å². The average Bonchev–Trinajstić information content (AvgIpc) is 3.01. The Morgan fingerprint density at radius 2 is 2.18 bits per heavy atom. The topological polar surface area (TPSA) is 72.5 Å². The van der Waals surface area contributed by atoms with E-state index in [1.165, 1.54) is 0 Å². The summed E-state index contributed by atoms with van der Waals surface area (Å²) in [4.78, 5) is 30.0. The molecule has 1 saturated heterocycles. The predicted molar refractivity (Wildman–Crippen MR) is 83.0 cm³/mol. The van der Waals surface area contributed by atoms with Gasteiger partial charge in [0.15, 0.2) is 0 Å². The molecule has 0 spiro atoms. The molecule has 0 unspecified atom stereocenters. The van der Waals surface area contributed by atoms with Crippen LogP contribution in [0.5, 0.6) is 0 Å². The van der Waals surface area contributed by atoms with Crippen LogP contribution >= 0.6 is 0 Å². The quantitative estimate of drug-likeness (QED) is 0.808. The molecule has 1 aromatic rings. The number of likely N-dealkylation sites (N-methyl/N-ethyl adjacent to an activating group) is 1. The molecule has 1 aliphatic heterocycles. The number of aromatic amines is 1. The molecule has 7 nitrogen and oxygen atoms in total. The van der Waals surface area contributed by atoms with Crippen LogP contribution in [0.3, 0.4) is 0 Å². The van der Waals surface area contributed by atoms with Crippen molar-refractivity contribution in [1.29, 1.82) is 0 Å². The standard InChI is InChI=1S/C15H25N5O2/c1-11-7-13(17-16-11)10-19(4)15(22)12-8-14(21)20(9-12)6-5-18(2)3/h7,12H,5-6,8-10H2,1-4H3,(H,16,17)/t12-/m1/s1. The number of amides is 2. The summed E-state index contributed by atoms with van der Waals surface area (Å²) >= 11 is 0. The third-order valence-corrected chi connectivity index (χ3v) is 3.92. The van der Waals surface area contributed by atoms with Crippen molar-refractivity contribution in [2.24, 2.45) is 5.92 Å². The van der Waals surface area contributed by atoms with E-state index in [-0.39, 0.29) is 17.7 Å². The van der Waals surface area contributed by atoms with Crippen LogP contribution in [0.4, 0.5) is 0 Å². The van der Waals surface area contributed by atoms with Crippen molar-refractivity contribution in [3.63, 3.8) is 0 Å². The molecule has 2 rings (SSSR count). The number of hydrogen-bond acceptors (Lipinski definition) is 4. The van der Waals surface area contributed by atoms with Crippen LogP contribution in [0.1, 0.15) is 17.8 Å². The first kappa shape index (κ1) is 16.5. The number of aromatic nitrogens is 2. The summed E-state index contributed by atoms with van der Waals surface area (Å²) in [6.45, 7) is 4.41. The second kappa shape index (κ2) is 6.91. The van der Waals surface area contributed by atoms with Crippen molar-refractivity contribution in [2.75, 3.05) is 40.8 Å². The molecule has 0 radical (unpaired) electrons. The van der Waals surface area contributed by atoms with Crippen molar-refractivity contribution >= 4 is 11.8 Å². The number of aryl methyl sites for hydroxylation is 1. The minimum absolute atomic E-state index is 0.0151. The SMILES string of the molecule is Cc1cc(CN(C)C(=O)[C@@H]2CC(=O)N(CCN(C)C)C2)n[nH]1. The maximum atomic E-state index is 12.5. The molecule has 22 heavy (non-hydrogen) atoms. The predicted octanol–water partition coefficient (Wildman–Crippen LogP) is 0.0866. The molecule has 1 atom stereocenters. The number of nitrogens with one attached hydrogen (secondary N) is 1. The van der Waals surface area contributed by atoms with Crippen LogP contribution < -0.4 is 0 Å². The Morgan fingerprint density at radius 3 is 2.77 bits per heavy atom. The van der Waals surface area contributed by atoms with Crippen LogP contribution in [0.15, 0.2) is 6.07 Å². The fraction of sp³-hybridized carbons (Fsp3) is 0.667. The third kappa shape index (κ3) is 4.07. The first-order valence-electron chi connectivity index (χ1n) is 7.55. The molecule has 7 heteroatoms. The van der Waals surface area contributed by atoms with E-state index >= 15 is 0 Å². The maximum absolute atomic E-state index is 12.5. The van der Waals surface area contributed by atoms with E-state index in [9.17, 15) is 9.59 Å². The zero-order valence-corrected chi connectivity index (χ0v) is 13.8. The number of rotatable bonds is 6. The normalized spacial score (nSPS) is 18.3. The zero-order chi connectivity index (χ0) is 16.3. The first-order valence-corrected chi connectivity index (χ1v) is 7.55. The average molecular weight is 307 g/mol. The van der Waals surface area contributed by atoms with Crippen LogP contribution in [0.25, 0.3) is 0 Å². The van der Waals surface area contributed by atoms with E-state index in [1.54, 1.807) is 16.8 Å². The largest absolute Gasteiger partial charge is 0.341 e. The highest BCUT2D eigenvalue weighted by Crippen LogP contribution is 2.20. The van der Waals surface area contributed by atoms with E-state index in [0.717, 1.165) is 17.9 Å². The third-order valence-electron chi connectivity index (χ3n) is 3.92. The summed E-state index contributed by atoms with van der Waals surface area (Å²) in [5, 5.41) is 7.01. The molecule has 122 valence electrons. The fourth-order valence-corrected chi connectivity index (χ4v) is 2.66. The summed E-state index contributed by atoms with van der Waals surface area (Å²) in [7, 11) is 5.71. The van der Waals surface area contributed by atoms with Crippen LogP contribution in [-0.2, 0) is 16.1 Å². The first-order chi connectivity index (χ1) is 10.4. The molecular formula is C15H25N5O2. The molecule has 2 heterocycles. The van der Waals surface area contributed by atoms with Crippen molar-refractivity contribution in [2.45, 2.75) is 19.9 Å². The lowest BCUT2D eigenvalue weighted by Gasteiger charge is -2.21. The van der Waals surface area contributed by atoms with Crippen LogP contribution in [0, 0.1) is 12.8 Å². The van der Waals surface area contributed by atoms with E-state index in [0.29, 0.717) is 26.1 Å². The molecule has 1 N–H and O–H groups in total. The van der Waals surface area contributed by atoms with Gasteiger partial charge in [-0.1, -0.05) is 0 Å². The van der Waals surface area contributed by atoms with Gasteiger partial charge in [0.05, 0.1) is 18.2 Å². The minimum atomic E-state index is -0.236. The van der Waals surface area contributed by atoms with E-state index < -0.39 is 0 Å². The van der Waals surface area contributed by atoms with Crippen molar-refractivity contribution < 1.29 is 9.59 Å². The van der Waals surface area contributed by atoms with Gasteiger partial charge in [0.2, 0.25) is 11.8 Å². The van der Waals surface area contributed by atoms with Gasteiger partial charge in [0, 0.05) is 38.8 Å². The van der Waals surface area contributed by atoms with Gasteiger partial charge in [-0.15, -0.1) is 0 Å². The minimum Gasteiger partial charge on any atom is -0.341 e. The number of H-pyrrole nitrogens is 1. The molecule has 1 fully saturated rings. The van der Waals surface area contributed by atoms with Crippen LogP contribution in [0.2, 0.25) is 0 Å². The maximum Gasteiger partial charge on any atom is 0.228 e. The lowest BCUT2D eigenvalue weighted by molar-refractivity contribution is -0.135. The van der Waals surface area contributed by atoms with Gasteiger partial charge in [-0.2, -0.15) is 5.10 Å². The van der Waals surface area contributed by atoms with Gasteiger partial charge in [0.25, 0.3) is 0 Å². The smallest absolute Gasteiger partial charge is 0.228 e. The molecule has 0 aliphatic carbocycles. The Bertz CT molecular complexity index is 540. The van der Waals surface area contributed by atoms with Crippen molar-refractivity contribution in [3.05, 3.63) is 17.5 Å². The Balaban J connectivity index is 1.88. The number of nitrogens with zero attached hydrogens (tertiary/aromatic N) is 4. The number of carbonyl (C=O) groups is 2. The van der Waals surface area contributed by atoms with E-state index in [1.807, 2.05) is 32.0 Å². The van der Waals surface area contributed by atoms with Crippen LogP contribution in [-0.4, -0.2) is 77.5 Å². The van der Waals surface area contributed by atoms with Gasteiger partial charge in [0.1, 0.15) is 0 Å². The molecular weight excluding hydrogens is 282 g/mol. The molecule has 0 saturated carbocycles. The van der Waals surface area contributed by atoms with E-state index in [2.05, 4.69) is 10.2 Å². The second-order valence-electron chi connectivity index (χ2n) is 6.28. The van der Waals surface area contributed by atoms with Gasteiger partial charge in [-0.3, -0.25) is 14.7 Å². The summed E-state index contributed by atoms with van der Waals surface area (Å²) in [5.74, 6) is -0.148. The van der Waals surface area contributed by atoms with Crippen molar-refractivity contribution in [1.82, 2.24) is 24.9 Å². The molecule has 0 bridgehead atoms. The van der Waals surface area contributed by atoms with Gasteiger partial charge >= 0.3 is 0 Å². The summed E-state index contributed by atoms with van der Waals surface area (Å²) in [6.07, 6.45) is 0.316. The zero-order valence-electron chi connectivity index (χ0n) is 13.8. The second-order valence-corrected chi connectivity index (χ2v) is 6.28. The van der Waals surface area contributed by atoms with Gasteiger partial charge in [-0.05, 0) is 27.1 Å². The Hall–Kier alpha value is -1.89. The number of hydrogen-bond donors (Lipinski definition) is 1. The molecule has 0 aromatic carbocycles. The van der Waals surface area contributed by atoms with E-state index in [4.69, 9.17) is 0 Å². The number of likely N-dealkylation sites (tertiary alicyclic amines) is 1. The Kier molecular flexibility index (Phi) is 5.18. The number of carbonyl (C=O) groups excluding carboxylic acids is 2. The van der Waals surface area contributed by atoms with Gasteiger partial charge in [-0.25, -0.2) is 0 Å². The summed E-state index contributed by atoms with van der Waals surface area (Å²) in [6, 6.07) is 1.92. The summed E-state index contributed by atoms with van der Waals surface area (Å²) in [5.41, 5.74) is 1.81. The Labute approximate surface area is 131 Å². The highest BCUT2D eigenvalue weighted by Gasteiger charge is 2.35. The molecule has 1 aliphatic rings. The molecule has 2 amide bonds. The summed E-state index contributed by atoms with van der Waals surface area (Å²) < 4.78 is 0. The lowest BCUT2D eigenvalue weighted by atomic mass is 10.1. The monoisotopic (exact) mass is 307 g/mol. The highest BCUT2D eigenvalue weighted by atomic mass is 16.2. The highest BCUT2D eigenvalue weighted by molar-refractivity contribution is 5.89.